The van der Waals surface area contributed by atoms with Crippen LogP contribution in [0.1, 0.15) is 25.3 Å². The first kappa shape index (κ1) is 14.4. The Morgan fingerprint density at radius 1 is 1.26 bits per heavy atom. The zero-order valence-corrected chi connectivity index (χ0v) is 11.5. The Morgan fingerprint density at radius 2 is 2.00 bits per heavy atom. The van der Waals surface area contributed by atoms with Gasteiger partial charge in [0.25, 0.3) is 0 Å². The molecule has 0 amide bonds. The topological polar surface area (TPSA) is 15.3 Å². The lowest BCUT2D eigenvalue weighted by Gasteiger charge is -2.33. The number of halogens is 2. The van der Waals surface area contributed by atoms with Crippen molar-refractivity contribution in [1.29, 1.82) is 0 Å². The quantitative estimate of drug-likeness (QED) is 0.883. The number of rotatable bonds is 5. The van der Waals surface area contributed by atoms with Gasteiger partial charge in [0.05, 0.1) is 0 Å². The molecule has 1 atom stereocenters. The van der Waals surface area contributed by atoms with Crippen molar-refractivity contribution in [2.45, 2.75) is 32.2 Å². The summed E-state index contributed by atoms with van der Waals surface area (Å²) in [5.41, 5.74) is 0.739. The molecule has 1 unspecified atom stereocenters. The zero-order valence-electron chi connectivity index (χ0n) is 11.5. The largest absolute Gasteiger partial charge is 0.313 e. The maximum Gasteiger partial charge on any atom is 0.126 e. The summed E-state index contributed by atoms with van der Waals surface area (Å²) in [7, 11) is 0. The minimum atomic E-state index is -0.487. The lowest BCUT2D eigenvalue weighted by Crippen LogP contribution is -2.46. The Hall–Kier alpha value is -1.00. The molecule has 106 valence electrons. The second-order valence-corrected chi connectivity index (χ2v) is 5.23. The van der Waals surface area contributed by atoms with Crippen molar-refractivity contribution in [3.63, 3.8) is 0 Å². The maximum absolute atomic E-state index is 13.1. The van der Waals surface area contributed by atoms with Crippen molar-refractivity contribution in [3.05, 3.63) is 35.4 Å². The van der Waals surface area contributed by atoms with Gasteiger partial charge in [0, 0.05) is 25.2 Å². The molecule has 1 heterocycles. The van der Waals surface area contributed by atoms with Crippen molar-refractivity contribution in [1.82, 2.24) is 10.2 Å². The standard InChI is InChI=1S/C15H22F2N2/c1-2-18-15-4-3-6-19(11-15)7-5-12-8-13(16)10-14(17)9-12/h8-10,15,18H,2-7,11H2,1H3. The highest BCUT2D eigenvalue weighted by atomic mass is 19.1. The number of nitrogens with zero attached hydrogens (tertiary/aromatic N) is 1. The third-order valence-corrected chi connectivity index (χ3v) is 3.64. The highest BCUT2D eigenvalue weighted by Crippen LogP contribution is 2.13. The van der Waals surface area contributed by atoms with Crippen LogP contribution in [-0.4, -0.2) is 37.1 Å². The Balaban J connectivity index is 1.84. The molecule has 19 heavy (non-hydrogen) atoms. The van der Waals surface area contributed by atoms with Crippen LogP contribution < -0.4 is 5.32 Å². The molecular weight excluding hydrogens is 246 g/mol. The molecule has 2 rings (SSSR count). The van der Waals surface area contributed by atoms with Crippen LogP contribution in [-0.2, 0) is 6.42 Å². The van der Waals surface area contributed by atoms with Crippen LogP contribution in [0.4, 0.5) is 8.78 Å². The van der Waals surface area contributed by atoms with Crippen LogP contribution >= 0.6 is 0 Å². The maximum atomic E-state index is 13.1. The molecule has 2 nitrogen and oxygen atoms in total. The SMILES string of the molecule is CCNC1CCCN(CCc2cc(F)cc(F)c2)C1. The predicted molar refractivity (Wildman–Crippen MR) is 73.2 cm³/mol. The minimum Gasteiger partial charge on any atom is -0.313 e. The minimum absolute atomic E-state index is 0.487. The van der Waals surface area contributed by atoms with Gasteiger partial charge >= 0.3 is 0 Å². The van der Waals surface area contributed by atoms with Crippen LogP contribution in [0.2, 0.25) is 0 Å². The molecule has 1 aliphatic rings. The highest BCUT2D eigenvalue weighted by Gasteiger charge is 2.18. The summed E-state index contributed by atoms with van der Waals surface area (Å²) in [6.07, 6.45) is 3.11. The molecule has 0 aliphatic carbocycles. The van der Waals surface area contributed by atoms with Crippen LogP contribution in [0.3, 0.4) is 0 Å². The summed E-state index contributed by atoms with van der Waals surface area (Å²) >= 11 is 0. The van der Waals surface area contributed by atoms with E-state index in [0.717, 1.165) is 37.8 Å². The molecule has 1 N–H and O–H groups in total. The average molecular weight is 268 g/mol. The Labute approximate surface area is 113 Å². The molecule has 0 spiro atoms. The summed E-state index contributed by atoms with van der Waals surface area (Å²) in [6, 6.07) is 4.33. The van der Waals surface area contributed by atoms with Gasteiger partial charge in [-0.2, -0.15) is 0 Å². The van der Waals surface area contributed by atoms with Gasteiger partial charge in [0.2, 0.25) is 0 Å². The van der Waals surface area contributed by atoms with E-state index in [1.54, 1.807) is 0 Å². The van der Waals surface area contributed by atoms with Crippen molar-refractivity contribution in [2.75, 3.05) is 26.2 Å². The molecule has 1 aromatic carbocycles. The van der Waals surface area contributed by atoms with E-state index in [9.17, 15) is 8.78 Å². The Bertz CT molecular complexity index is 387. The monoisotopic (exact) mass is 268 g/mol. The van der Waals surface area contributed by atoms with E-state index in [1.807, 2.05) is 0 Å². The van der Waals surface area contributed by atoms with E-state index in [4.69, 9.17) is 0 Å². The second-order valence-electron chi connectivity index (χ2n) is 5.23. The van der Waals surface area contributed by atoms with Gasteiger partial charge < -0.3 is 10.2 Å². The summed E-state index contributed by atoms with van der Waals surface area (Å²) in [5.74, 6) is -0.974. The number of hydrogen-bond acceptors (Lipinski definition) is 2. The number of likely N-dealkylation sites (N-methyl/N-ethyl adjacent to an activating group) is 1. The Morgan fingerprint density at radius 3 is 2.68 bits per heavy atom. The van der Waals surface area contributed by atoms with Gasteiger partial charge in [0.1, 0.15) is 11.6 Å². The summed E-state index contributed by atoms with van der Waals surface area (Å²) in [4.78, 5) is 2.37. The predicted octanol–water partition coefficient (Wildman–Crippen LogP) is 2.58. The van der Waals surface area contributed by atoms with Crippen LogP contribution in [0.25, 0.3) is 0 Å². The molecule has 0 aromatic heterocycles. The van der Waals surface area contributed by atoms with Crippen molar-refractivity contribution < 1.29 is 8.78 Å². The lowest BCUT2D eigenvalue weighted by molar-refractivity contribution is 0.194. The van der Waals surface area contributed by atoms with E-state index in [0.29, 0.717) is 12.5 Å². The van der Waals surface area contributed by atoms with Crippen molar-refractivity contribution in [2.24, 2.45) is 0 Å². The molecule has 1 fully saturated rings. The normalized spacial score (nSPS) is 20.7. The third-order valence-electron chi connectivity index (χ3n) is 3.64. The Kier molecular flexibility index (Phi) is 5.28. The molecule has 0 bridgehead atoms. The van der Waals surface area contributed by atoms with E-state index >= 15 is 0 Å². The molecule has 1 aromatic rings. The van der Waals surface area contributed by atoms with Gasteiger partial charge in [-0.3, -0.25) is 0 Å². The van der Waals surface area contributed by atoms with Gasteiger partial charge in [-0.25, -0.2) is 8.78 Å². The third kappa shape index (κ3) is 4.55. The first-order valence-electron chi connectivity index (χ1n) is 7.08. The fourth-order valence-electron chi connectivity index (χ4n) is 2.76. The first-order chi connectivity index (χ1) is 9.17. The smallest absolute Gasteiger partial charge is 0.126 e. The molecule has 0 saturated carbocycles. The van der Waals surface area contributed by atoms with Crippen LogP contribution in [0.15, 0.2) is 18.2 Å². The van der Waals surface area contributed by atoms with E-state index in [2.05, 4.69) is 17.1 Å². The average Bonchev–Trinajstić information content (AvgIpc) is 2.36. The summed E-state index contributed by atoms with van der Waals surface area (Å²) in [5, 5.41) is 3.47. The molecule has 4 heteroatoms. The number of likely N-dealkylation sites (tertiary alicyclic amines) is 1. The first-order valence-corrected chi connectivity index (χ1v) is 7.08. The number of piperidine rings is 1. The van der Waals surface area contributed by atoms with E-state index in [1.165, 1.54) is 25.0 Å². The zero-order chi connectivity index (χ0) is 13.7. The molecule has 1 aliphatic heterocycles. The molecular formula is C15H22F2N2. The summed E-state index contributed by atoms with van der Waals surface area (Å²) in [6.45, 7) is 6.10. The molecule has 0 radical (unpaired) electrons. The van der Waals surface area contributed by atoms with Gasteiger partial charge in [-0.05, 0) is 50.0 Å². The van der Waals surface area contributed by atoms with Crippen molar-refractivity contribution in [3.8, 4) is 0 Å². The van der Waals surface area contributed by atoms with E-state index in [-0.39, 0.29) is 0 Å². The highest BCUT2D eigenvalue weighted by molar-refractivity contribution is 5.18. The van der Waals surface area contributed by atoms with Gasteiger partial charge in [-0.15, -0.1) is 0 Å². The van der Waals surface area contributed by atoms with Crippen molar-refractivity contribution >= 4 is 0 Å². The number of hydrogen-bond donors (Lipinski definition) is 1. The number of benzene rings is 1. The fourth-order valence-corrected chi connectivity index (χ4v) is 2.76. The lowest BCUT2D eigenvalue weighted by atomic mass is 10.0. The number of nitrogens with one attached hydrogen (secondary N) is 1. The second kappa shape index (κ2) is 6.96. The summed E-state index contributed by atoms with van der Waals surface area (Å²) < 4.78 is 26.2. The van der Waals surface area contributed by atoms with Crippen LogP contribution in [0, 0.1) is 11.6 Å². The van der Waals surface area contributed by atoms with Gasteiger partial charge in [-0.1, -0.05) is 6.92 Å². The van der Waals surface area contributed by atoms with E-state index < -0.39 is 11.6 Å². The van der Waals surface area contributed by atoms with Gasteiger partial charge in [0.15, 0.2) is 0 Å². The van der Waals surface area contributed by atoms with Crippen LogP contribution in [0.5, 0.6) is 0 Å². The fraction of sp³-hybridized carbons (Fsp3) is 0.600. The molecule has 1 saturated heterocycles.